The van der Waals surface area contributed by atoms with Crippen molar-refractivity contribution in [2.45, 2.75) is 38.4 Å². The van der Waals surface area contributed by atoms with Gasteiger partial charge in [-0.25, -0.2) is 4.79 Å². The number of aliphatic hydroxyl groups excluding tert-OH is 1. The van der Waals surface area contributed by atoms with Crippen molar-refractivity contribution in [1.29, 1.82) is 0 Å². The van der Waals surface area contributed by atoms with Gasteiger partial charge >= 0.3 is 5.97 Å². The number of halogens is 2. The number of carbonyl (C=O) groups is 2. The van der Waals surface area contributed by atoms with Gasteiger partial charge in [0.2, 0.25) is 0 Å². The molecular formula is C18H18Cl2O6. The molecule has 2 unspecified atom stereocenters. The highest BCUT2D eigenvalue weighted by Gasteiger charge is 2.27. The predicted octanol–water partition coefficient (Wildman–Crippen LogP) is 3.24. The first kappa shape index (κ1) is 20.3. The van der Waals surface area contributed by atoms with Gasteiger partial charge in [-0.05, 0) is 13.3 Å². The summed E-state index contributed by atoms with van der Waals surface area (Å²) in [5.41, 5.74) is -0.398. The van der Waals surface area contributed by atoms with Gasteiger partial charge in [-0.3, -0.25) is 4.79 Å². The van der Waals surface area contributed by atoms with E-state index in [1.54, 1.807) is 13.0 Å². The molecule has 2 atom stereocenters. The van der Waals surface area contributed by atoms with Gasteiger partial charge in [0.05, 0.1) is 16.2 Å². The van der Waals surface area contributed by atoms with E-state index in [1.165, 1.54) is 12.2 Å². The number of phenols is 2. The Morgan fingerprint density at radius 3 is 2.58 bits per heavy atom. The Morgan fingerprint density at radius 1 is 1.19 bits per heavy atom. The third-order valence-electron chi connectivity index (χ3n) is 3.80. The number of phenolic OH excluding ortho intramolecular Hbond substituents is 2. The number of rotatable bonds is 0. The summed E-state index contributed by atoms with van der Waals surface area (Å²) < 4.78 is 5.24. The van der Waals surface area contributed by atoms with Gasteiger partial charge in [-0.1, -0.05) is 41.4 Å². The number of aliphatic hydroxyl groups is 1. The predicted molar refractivity (Wildman–Crippen MR) is 96.7 cm³/mol. The number of carbonyl (C=O) groups excluding carboxylic acids is 2. The highest BCUT2D eigenvalue weighted by Crippen LogP contribution is 2.37. The van der Waals surface area contributed by atoms with Gasteiger partial charge in [0.25, 0.3) is 0 Å². The van der Waals surface area contributed by atoms with Crippen molar-refractivity contribution in [3.8, 4) is 11.5 Å². The summed E-state index contributed by atoms with van der Waals surface area (Å²) in [5, 5.41) is 29.5. The summed E-state index contributed by atoms with van der Waals surface area (Å²) in [4.78, 5) is 24.8. The number of hydrogen-bond donors (Lipinski definition) is 3. The van der Waals surface area contributed by atoms with E-state index < -0.39 is 41.9 Å². The van der Waals surface area contributed by atoms with Gasteiger partial charge in [0.15, 0.2) is 5.78 Å². The first-order valence-corrected chi connectivity index (χ1v) is 8.64. The quantitative estimate of drug-likeness (QED) is 0.456. The summed E-state index contributed by atoms with van der Waals surface area (Å²) in [6.07, 6.45) is 3.14. The van der Waals surface area contributed by atoms with Crippen LogP contribution in [0.15, 0.2) is 29.3 Å². The van der Waals surface area contributed by atoms with Crippen LogP contribution in [-0.4, -0.2) is 39.3 Å². The SMILES string of the molecule is CC1CC(O)C=CCC=C(Cl)C(=O)Cc2c(Cl)c(O)cc(O)c2C(=O)O1. The van der Waals surface area contributed by atoms with E-state index in [9.17, 15) is 24.9 Å². The van der Waals surface area contributed by atoms with Crippen molar-refractivity contribution >= 4 is 35.0 Å². The molecule has 3 N–H and O–H groups in total. The maximum Gasteiger partial charge on any atom is 0.342 e. The minimum Gasteiger partial charge on any atom is -0.507 e. The first-order valence-electron chi connectivity index (χ1n) is 7.88. The molecule has 8 heteroatoms. The third kappa shape index (κ3) is 4.78. The van der Waals surface area contributed by atoms with Crippen molar-refractivity contribution in [3.05, 3.63) is 45.5 Å². The van der Waals surface area contributed by atoms with E-state index >= 15 is 0 Å². The highest BCUT2D eigenvalue weighted by atomic mass is 35.5. The summed E-state index contributed by atoms with van der Waals surface area (Å²) >= 11 is 12.0. The van der Waals surface area contributed by atoms with E-state index in [1.807, 2.05) is 0 Å². The van der Waals surface area contributed by atoms with Crippen LogP contribution in [0.5, 0.6) is 11.5 Å². The zero-order chi connectivity index (χ0) is 19.4. The van der Waals surface area contributed by atoms with Crippen molar-refractivity contribution in [2.24, 2.45) is 0 Å². The molecule has 2 rings (SSSR count). The van der Waals surface area contributed by atoms with Crippen LogP contribution < -0.4 is 0 Å². The van der Waals surface area contributed by atoms with E-state index in [0.29, 0.717) is 6.42 Å². The Kier molecular flexibility index (Phi) is 6.69. The molecule has 1 aromatic rings. The number of hydrogen-bond acceptors (Lipinski definition) is 6. The molecule has 0 aliphatic carbocycles. The van der Waals surface area contributed by atoms with E-state index in [2.05, 4.69) is 0 Å². The number of ketones is 1. The average molecular weight is 401 g/mol. The molecule has 0 radical (unpaired) electrons. The van der Waals surface area contributed by atoms with Crippen LogP contribution in [0, 0.1) is 0 Å². The van der Waals surface area contributed by atoms with Gasteiger partial charge in [0.1, 0.15) is 23.2 Å². The number of allylic oxidation sites excluding steroid dienone is 3. The molecule has 0 bridgehead atoms. The fraction of sp³-hybridized carbons (Fsp3) is 0.333. The molecule has 0 saturated carbocycles. The largest absolute Gasteiger partial charge is 0.507 e. The minimum absolute atomic E-state index is 0.0777. The lowest BCUT2D eigenvalue weighted by Crippen LogP contribution is -2.22. The zero-order valence-electron chi connectivity index (χ0n) is 13.9. The molecule has 1 aliphatic heterocycles. The number of ether oxygens (including phenoxy) is 1. The maximum absolute atomic E-state index is 12.5. The summed E-state index contributed by atoms with van der Waals surface area (Å²) in [6.45, 7) is 1.58. The summed E-state index contributed by atoms with van der Waals surface area (Å²) in [7, 11) is 0. The van der Waals surface area contributed by atoms with Crippen molar-refractivity contribution in [3.63, 3.8) is 0 Å². The molecule has 1 aromatic carbocycles. The second kappa shape index (κ2) is 8.58. The molecule has 1 aliphatic rings. The van der Waals surface area contributed by atoms with Crippen LogP contribution in [0.3, 0.4) is 0 Å². The lowest BCUT2D eigenvalue weighted by Gasteiger charge is -2.18. The Balaban J connectivity index is 2.55. The standard InChI is InChI=1S/C18H18Cl2O6/c1-9-6-10(21)4-2-3-5-12(19)13(22)7-11-16(18(25)26-9)14(23)8-15(24)17(11)20/h2,4-5,8-10,21,23-24H,3,6-7H2,1H3. The fourth-order valence-electron chi connectivity index (χ4n) is 2.55. The number of benzene rings is 1. The highest BCUT2D eigenvalue weighted by molar-refractivity contribution is 6.43. The maximum atomic E-state index is 12.5. The van der Waals surface area contributed by atoms with Crippen LogP contribution in [-0.2, 0) is 16.0 Å². The van der Waals surface area contributed by atoms with Crippen LogP contribution in [0.1, 0.15) is 35.7 Å². The van der Waals surface area contributed by atoms with E-state index in [-0.39, 0.29) is 27.6 Å². The van der Waals surface area contributed by atoms with Crippen LogP contribution in [0.2, 0.25) is 5.02 Å². The first-order chi connectivity index (χ1) is 12.2. The van der Waals surface area contributed by atoms with E-state index in [4.69, 9.17) is 27.9 Å². The van der Waals surface area contributed by atoms with Gasteiger partial charge in [-0.2, -0.15) is 0 Å². The van der Waals surface area contributed by atoms with Gasteiger partial charge in [-0.15, -0.1) is 0 Å². The number of fused-ring (bicyclic) bond motifs is 1. The Bertz CT molecular complexity index is 784. The molecule has 0 saturated heterocycles. The van der Waals surface area contributed by atoms with Crippen LogP contribution >= 0.6 is 23.2 Å². The van der Waals surface area contributed by atoms with Gasteiger partial charge < -0.3 is 20.1 Å². The Hall–Kier alpha value is -2.02. The molecule has 0 fully saturated rings. The molecule has 6 nitrogen and oxygen atoms in total. The second-order valence-corrected chi connectivity index (χ2v) is 6.70. The molecule has 0 spiro atoms. The van der Waals surface area contributed by atoms with Crippen LogP contribution in [0.25, 0.3) is 0 Å². The lowest BCUT2D eigenvalue weighted by atomic mass is 9.99. The van der Waals surface area contributed by atoms with Crippen molar-refractivity contribution in [1.82, 2.24) is 0 Å². The monoisotopic (exact) mass is 400 g/mol. The molecular weight excluding hydrogens is 383 g/mol. The molecule has 0 amide bonds. The smallest absolute Gasteiger partial charge is 0.342 e. The Morgan fingerprint density at radius 2 is 1.88 bits per heavy atom. The molecule has 26 heavy (non-hydrogen) atoms. The van der Waals surface area contributed by atoms with Crippen molar-refractivity contribution < 1.29 is 29.6 Å². The number of Topliss-reactive ketones (excluding diaryl/α,β-unsaturated/α-hetero) is 1. The number of esters is 1. The van der Waals surface area contributed by atoms with Crippen LogP contribution in [0.4, 0.5) is 0 Å². The van der Waals surface area contributed by atoms with Gasteiger partial charge in [0, 0.05) is 24.5 Å². The third-order valence-corrected chi connectivity index (χ3v) is 4.59. The Labute approximate surface area is 160 Å². The van der Waals surface area contributed by atoms with E-state index in [0.717, 1.165) is 6.07 Å². The topological polar surface area (TPSA) is 104 Å². The number of cyclic esters (lactones) is 1. The average Bonchev–Trinajstić information content (AvgIpc) is 2.54. The molecule has 0 aromatic heterocycles. The normalized spacial score (nSPS) is 22.2. The summed E-state index contributed by atoms with van der Waals surface area (Å²) in [5.74, 6) is -2.52. The second-order valence-electron chi connectivity index (χ2n) is 5.92. The summed E-state index contributed by atoms with van der Waals surface area (Å²) in [6, 6.07) is 0.899. The fourth-order valence-corrected chi connectivity index (χ4v) is 2.92. The molecule has 140 valence electrons. The number of aromatic hydroxyl groups is 2. The minimum atomic E-state index is -0.923. The van der Waals surface area contributed by atoms with Crippen molar-refractivity contribution in [2.75, 3.05) is 0 Å². The molecule has 1 heterocycles. The zero-order valence-corrected chi connectivity index (χ0v) is 15.4. The lowest BCUT2D eigenvalue weighted by molar-refractivity contribution is -0.114.